The largest absolute Gasteiger partial charge is 0.497 e. The smallest absolute Gasteiger partial charge is 0.416 e. The summed E-state index contributed by atoms with van der Waals surface area (Å²) in [7, 11) is 1.53. The summed E-state index contributed by atoms with van der Waals surface area (Å²) in [5.74, 6) is 1.08. The summed E-state index contributed by atoms with van der Waals surface area (Å²) in [4.78, 5) is 33.4. The lowest BCUT2D eigenvalue weighted by molar-refractivity contribution is -0.143. The number of hydrogen-bond donors (Lipinski definition) is 2. The van der Waals surface area contributed by atoms with Crippen LogP contribution in [-0.2, 0) is 12.4 Å². The first-order chi connectivity index (χ1) is 24.2. The molecule has 13 heteroatoms. The van der Waals surface area contributed by atoms with E-state index >= 15 is 0 Å². The van der Waals surface area contributed by atoms with E-state index in [-0.39, 0.29) is 29.6 Å². The summed E-state index contributed by atoms with van der Waals surface area (Å²) in [5.41, 5.74) is -3.58. The third-order valence-corrected chi connectivity index (χ3v) is 10.1. The highest BCUT2D eigenvalue weighted by molar-refractivity contribution is 5.88. The molecule has 264 valence electrons. The third-order valence-electron chi connectivity index (χ3n) is 10.1. The normalized spacial score (nSPS) is 21.1. The molecule has 5 aromatic rings. The molecule has 5 atom stereocenters. The van der Waals surface area contributed by atoms with Gasteiger partial charge in [-0.3, -0.25) is 14.5 Å². The number of ether oxygens (including phenoxy) is 1. The SMILES string of the molecule is C=CC1CN2CCC1CC2[C@@H](Nc1c(Nc2cc(C(F)(F)F)cc(C(F)(F)F)c2)c(=O)c1=O)c1cc(-c2ccccc2)nc2ccc(OC)cc12. The highest BCUT2D eigenvalue weighted by atomic mass is 19.4. The van der Waals surface area contributed by atoms with E-state index in [0.717, 1.165) is 24.1 Å². The van der Waals surface area contributed by atoms with Crippen molar-refractivity contribution in [2.45, 2.75) is 37.3 Å². The van der Waals surface area contributed by atoms with Crippen molar-refractivity contribution in [3.63, 3.8) is 0 Å². The maximum Gasteiger partial charge on any atom is 0.416 e. The fourth-order valence-corrected chi connectivity index (χ4v) is 7.45. The van der Waals surface area contributed by atoms with Crippen LogP contribution >= 0.6 is 0 Å². The van der Waals surface area contributed by atoms with Gasteiger partial charge in [-0.1, -0.05) is 36.4 Å². The summed E-state index contributed by atoms with van der Waals surface area (Å²) >= 11 is 0. The molecule has 0 aliphatic carbocycles. The maximum absolute atomic E-state index is 13.6. The highest BCUT2D eigenvalue weighted by Crippen LogP contribution is 2.45. The first-order valence-electron chi connectivity index (χ1n) is 16.3. The van der Waals surface area contributed by atoms with Crippen LogP contribution in [0.5, 0.6) is 5.75 Å². The molecule has 3 aliphatic heterocycles. The van der Waals surface area contributed by atoms with Gasteiger partial charge < -0.3 is 15.4 Å². The summed E-state index contributed by atoms with van der Waals surface area (Å²) in [6.45, 7) is 5.48. The Bertz CT molecular complexity index is 2160. The van der Waals surface area contributed by atoms with Crippen LogP contribution < -0.4 is 26.2 Å². The number of anilines is 3. The molecule has 1 aromatic heterocycles. The zero-order chi connectivity index (χ0) is 36.2. The van der Waals surface area contributed by atoms with Gasteiger partial charge in [0.15, 0.2) is 0 Å². The predicted molar refractivity (Wildman–Crippen MR) is 183 cm³/mol. The molecule has 3 fully saturated rings. The summed E-state index contributed by atoms with van der Waals surface area (Å²) in [6.07, 6.45) is -6.63. The van der Waals surface area contributed by atoms with E-state index in [1.807, 2.05) is 54.6 Å². The molecule has 0 spiro atoms. The first-order valence-corrected chi connectivity index (χ1v) is 16.3. The highest BCUT2D eigenvalue weighted by Gasteiger charge is 2.44. The van der Waals surface area contributed by atoms with Gasteiger partial charge in [-0.15, -0.1) is 6.58 Å². The molecule has 51 heavy (non-hydrogen) atoms. The molecule has 0 radical (unpaired) electrons. The van der Waals surface area contributed by atoms with Gasteiger partial charge in [-0.25, -0.2) is 4.98 Å². The predicted octanol–water partition coefficient (Wildman–Crippen LogP) is 8.34. The molecule has 3 saturated heterocycles. The van der Waals surface area contributed by atoms with Crippen LogP contribution in [0, 0.1) is 11.8 Å². The lowest BCUT2D eigenvalue weighted by Crippen LogP contribution is -2.56. The van der Waals surface area contributed by atoms with Crippen LogP contribution in [0.4, 0.5) is 43.4 Å². The van der Waals surface area contributed by atoms with Crippen LogP contribution in [0.3, 0.4) is 0 Å². The van der Waals surface area contributed by atoms with Gasteiger partial charge in [0.05, 0.1) is 35.5 Å². The summed E-state index contributed by atoms with van der Waals surface area (Å²) in [6, 6.07) is 16.8. The maximum atomic E-state index is 13.6. The molecule has 7 nitrogen and oxygen atoms in total. The van der Waals surface area contributed by atoms with Gasteiger partial charge >= 0.3 is 12.4 Å². The second-order valence-electron chi connectivity index (χ2n) is 13.0. The molecule has 4 aromatic carbocycles. The second-order valence-corrected chi connectivity index (χ2v) is 13.0. The number of piperidine rings is 3. The Morgan fingerprint density at radius 3 is 2.22 bits per heavy atom. The minimum atomic E-state index is -5.10. The lowest BCUT2D eigenvalue weighted by Gasteiger charge is -2.52. The van der Waals surface area contributed by atoms with E-state index in [4.69, 9.17) is 9.72 Å². The first kappa shape index (κ1) is 34.3. The number of rotatable bonds is 9. The molecule has 3 aliphatic rings. The number of alkyl halides is 6. The topological polar surface area (TPSA) is 83.6 Å². The number of halogens is 6. The standard InChI is InChI=1S/C38H32F6N4O3/c1-3-20-19-48-12-11-22(20)13-31(48)32(28-18-30(21-7-5-4-6-8-21)46-29-10-9-26(51-2)17-27(28)29)47-34-33(35(49)36(34)50)45-25-15-23(37(39,40)41)14-24(16-25)38(42,43)44/h3-10,14-18,20,22,31-32,45,47H,1,11-13,19H2,2H3/t20?,22?,31?,32-/m0/s1. The van der Waals surface area contributed by atoms with Crippen molar-refractivity contribution in [2.75, 3.05) is 30.8 Å². The molecule has 2 bridgehead atoms. The zero-order valence-electron chi connectivity index (χ0n) is 27.2. The van der Waals surface area contributed by atoms with E-state index < -0.39 is 51.8 Å². The van der Waals surface area contributed by atoms with E-state index in [1.165, 1.54) is 7.11 Å². The fraction of sp³-hybridized carbons (Fsp3) is 0.289. The van der Waals surface area contributed by atoms with Gasteiger partial charge in [-0.05, 0) is 79.3 Å². The quantitative estimate of drug-likeness (QED) is 0.0906. The summed E-state index contributed by atoms with van der Waals surface area (Å²) < 4.78 is 87.4. The molecule has 2 N–H and O–H groups in total. The number of nitrogens with one attached hydrogen (secondary N) is 2. The van der Waals surface area contributed by atoms with Gasteiger partial charge in [0.2, 0.25) is 0 Å². The molecule has 0 saturated carbocycles. The molecule has 0 amide bonds. The van der Waals surface area contributed by atoms with Crippen LogP contribution in [0.15, 0.2) is 95.0 Å². The number of pyridine rings is 1. The minimum Gasteiger partial charge on any atom is -0.497 e. The van der Waals surface area contributed by atoms with Crippen molar-refractivity contribution in [1.29, 1.82) is 0 Å². The van der Waals surface area contributed by atoms with Crippen LogP contribution in [0.25, 0.3) is 22.2 Å². The number of methoxy groups -OCH3 is 1. The van der Waals surface area contributed by atoms with E-state index in [0.29, 0.717) is 47.4 Å². The molecule has 4 heterocycles. The monoisotopic (exact) mass is 706 g/mol. The fourth-order valence-electron chi connectivity index (χ4n) is 7.45. The van der Waals surface area contributed by atoms with Gasteiger partial charge in [-0.2, -0.15) is 26.3 Å². The van der Waals surface area contributed by atoms with Gasteiger partial charge in [0.1, 0.15) is 17.1 Å². The third kappa shape index (κ3) is 6.46. The molecule has 4 unspecified atom stereocenters. The van der Waals surface area contributed by atoms with Crippen molar-refractivity contribution in [2.24, 2.45) is 11.8 Å². The van der Waals surface area contributed by atoms with Crippen molar-refractivity contribution < 1.29 is 31.1 Å². The number of benzene rings is 3. The number of fused-ring (bicyclic) bond motifs is 4. The Morgan fingerprint density at radius 1 is 0.922 bits per heavy atom. The Balaban J connectivity index is 1.37. The van der Waals surface area contributed by atoms with Crippen molar-refractivity contribution in [1.82, 2.24) is 9.88 Å². The Kier molecular flexibility index (Phi) is 8.65. The van der Waals surface area contributed by atoms with E-state index in [2.05, 4.69) is 22.1 Å². The summed E-state index contributed by atoms with van der Waals surface area (Å²) in [5, 5.41) is 6.40. The van der Waals surface area contributed by atoms with E-state index in [9.17, 15) is 35.9 Å². The van der Waals surface area contributed by atoms with Crippen LogP contribution in [0.1, 0.15) is 35.6 Å². The average molecular weight is 707 g/mol. The molecule has 8 rings (SSSR count). The van der Waals surface area contributed by atoms with Gasteiger partial charge in [0.25, 0.3) is 10.9 Å². The van der Waals surface area contributed by atoms with Crippen molar-refractivity contribution in [3.05, 3.63) is 123 Å². The van der Waals surface area contributed by atoms with E-state index in [1.54, 1.807) is 6.07 Å². The average Bonchev–Trinajstić information content (AvgIpc) is 3.13. The number of aromatic nitrogens is 1. The van der Waals surface area contributed by atoms with Gasteiger partial charge in [0, 0.05) is 29.2 Å². The Hall–Kier alpha value is -5.17. The van der Waals surface area contributed by atoms with Crippen molar-refractivity contribution in [3.8, 4) is 17.0 Å². The second kappa shape index (κ2) is 12.9. The Labute approximate surface area is 288 Å². The molecular weight excluding hydrogens is 674 g/mol. The number of hydrogen-bond acceptors (Lipinski definition) is 7. The minimum absolute atomic E-state index is 0.00127. The lowest BCUT2D eigenvalue weighted by atomic mass is 9.72. The van der Waals surface area contributed by atoms with Crippen molar-refractivity contribution >= 4 is 28.0 Å². The zero-order valence-corrected chi connectivity index (χ0v) is 27.2. The number of nitrogens with zero attached hydrogens (tertiary/aromatic N) is 2. The Morgan fingerprint density at radius 2 is 1.61 bits per heavy atom. The van der Waals surface area contributed by atoms with Crippen LogP contribution in [0.2, 0.25) is 0 Å². The molecular formula is C38H32F6N4O3. The van der Waals surface area contributed by atoms with Crippen LogP contribution in [-0.4, -0.2) is 36.1 Å².